The third-order valence-corrected chi connectivity index (χ3v) is 4.44. The summed E-state index contributed by atoms with van der Waals surface area (Å²) in [5, 5.41) is 3.58. The Labute approximate surface area is 119 Å². The number of hydrogen-bond acceptors (Lipinski definition) is 2. The van der Waals surface area contributed by atoms with Crippen molar-refractivity contribution in [3.63, 3.8) is 0 Å². The van der Waals surface area contributed by atoms with Crippen molar-refractivity contribution < 1.29 is 0 Å². The minimum absolute atomic E-state index is 0.627. The van der Waals surface area contributed by atoms with Gasteiger partial charge in [-0.25, -0.2) is 0 Å². The van der Waals surface area contributed by atoms with Crippen LogP contribution in [0.5, 0.6) is 0 Å². The quantitative estimate of drug-likeness (QED) is 0.830. The van der Waals surface area contributed by atoms with Crippen molar-refractivity contribution in [3.8, 4) is 0 Å². The average molecular weight is 256 g/mol. The SMILES string of the molecule is [B]c1c(C)c2c(c(C)c1CC)C(CCN(C)C)CN2. The van der Waals surface area contributed by atoms with Gasteiger partial charge in [-0.1, -0.05) is 17.9 Å². The highest BCUT2D eigenvalue weighted by Crippen LogP contribution is 2.39. The molecule has 1 aliphatic rings. The zero-order valence-electron chi connectivity index (χ0n) is 12.9. The van der Waals surface area contributed by atoms with Crippen LogP contribution in [0.15, 0.2) is 0 Å². The number of fused-ring (bicyclic) bond motifs is 1. The van der Waals surface area contributed by atoms with E-state index in [2.05, 4.69) is 45.1 Å². The van der Waals surface area contributed by atoms with E-state index in [0.717, 1.165) is 25.0 Å². The standard InChI is InChI=1S/C16H25BN2/c1-6-13-10(2)14-12(7-8-19(4)5)9-18-16(14)11(3)15(13)17/h12,18H,6-9H2,1-5H3. The van der Waals surface area contributed by atoms with Crippen molar-refractivity contribution in [2.45, 2.75) is 39.5 Å². The highest BCUT2D eigenvalue weighted by molar-refractivity contribution is 6.35. The monoisotopic (exact) mass is 256 g/mol. The van der Waals surface area contributed by atoms with Gasteiger partial charge in [0.1, 0.15) is 7.85 Å². The Kier molecular flexibility index (Phi) is 4.24. The fraction of sp³-hybridized carbons (Fsp3) is 0.625. The molecule has 3 heteroatoms. The first-order valence-electron chi connectivity index (χ1n) is 7.27. The lowest BCUT2D eigenvalue weighted by molar-refractivity contribution is 0.385. The molecule has 2 nitrogen and oxygen atoms in total. The van der Waals surface area contributed by atoms with Gasteiger partial charge in [-0.05, 0) is 64.0 Å². The van der Waals surface area contributed by atoms with Crippen LogP contribution in [0.3, 0.4) is 0 Å². The van der Waals surface area contributed by atoms with E-state index in [9.17, 15) is 0 Å². The normalized spacial score (nSPS) is 17.7. The maximum atomic E-state index is 6.29. The number of nitrogens with one attached hydrogen (secondary N) is 1. The van der Waals surface area contributed by atoms with E-state index in [-0.39, 0.29) is 0 Å². The van der Waals surface area contributed by atoms with Crippen LogP contribution in [0.25, 0.3) is 0 Å². The van der Waals surface area contributed by atoms with Crippen LogP contribution in [-0.4, -0.2) is 39.9 Å². The molecule has 102 valence electrons. The maximum Gasteiger partial charge on any atom is 0.114 e. The van der Waals surface area contributed by atoms with Gasteiger partial charge in [0.15, 0.2) is 0 Å². The molecule has 0 fully saturated rings. The summed E-state index contributed by atoms with van der Waals surface area (Å²) in [5.41, 5.74) is 7.80. The molecule has 1 heterocycles. The molecule has 0 aromatic heterocycles. The van der Waals surface area contributed by atoms with E-state index in [1.165, 1.54) is 34.4 Å². The van der Waals surface area contributed by atoms with Crippen molar-refractivity contribution in [3.05, 3.63) is 22.3 Å². The Morgan fingerprint density at radius 1 is 1.26 bits per heavy atom. The topological polar surface area (TPSA) is 15.3 Å². The van der Waals surface area contributed by atoms with Gasteiger partial charge in [0.05, 0.1) is 0 Å². The molecule has 1 unspecified atom stereocenters. The molecule has 2 radical (unpaired) electrons. The molecule has 0 amide bonds. The Hall–Kier alpha value is -0.955. The predicted octanol–water partition coefficient (Wildman–Crippen LogP) is 2.12. The fourth-order valence-electron chi connectivity index (χ4n) is 3.30. The van der Waals surface area contributed by atoms with Crippen LogP contribution >= 0.6 is 0 Å². The number of benzene rings is 1. The first-order chi connectivity index (χ1) is 8.97. The predicted molar refractivity (Wildman–Crippen MR) is 85.1 cm³/mol. The average Bonchev–Trinajstić information content (AvgIpc) is 2.78. The Balaban J connectivity index is 2.41. The first kappa shape index (κ1) is 14.5. The molecule has 2 rings (SSSR count). The molecule has 0 saturated heterocycles. The molecule has 0 spiro atoms. The molecule has 19 heavy (non-hydrogen) atoms. The Morgan fingerprint density at radius 3 is 2.53 bits per heavy atom. The minimum Gasteiger partial charge on any atom is -0.384 e. The van der Waals surface area contributed by atoms with Gasteiger partial charge in [0.25, 0.3) is 0 Å². The van der Waals surface area contributed by atoms with Gasteiger partial charge >= 0.3 is 0 Å². The van der Waals surface area contributed by atoms with Crippen LogP contribution in [0.4, 0.5) is 5.69 Å². The van der Waals surface area contributed by atoms with Gasteiger partial charge in [-0.3, -0.25) is 0 Å². The van der Waals surface area contributed by atoms with Crippen LogP contribution in [-0.2, 0) is 6.42 Å². The summed E-state index contributed by atoms with van der Waals surface area (Å²) >= 11 is 0. The second-order valence-electron chi connectivity index (χ2n) is 5.95. The summed E-state index contributed by atoms with van der Waals surface area (Å²) in [6, 6.07) is 0. The molecule has 1 aromatic rings. The molecule has 1 N–H and O–H groups in total. The number of hydrogen-bond donors (Lipinski definition) is 1. The molecule has 0 aliphatic carbocycles. The zero-order valence-corrected chi connectivity index (χ0v) is 12.9. The summed E-state index contributed by atoms with van der Waals surface area (Å²) in [6.07, 6.45) is 2.23. The third kappa shape index (κ3) is 2.53. The van der Waals surface area contributed by atoms with Gasteiger partial charge < -0.3 is 10.2 Å². The third-order valence-electron chi connectivity index (χ3n) is 4.44. The zero-order chi connectivity index (χ0) is 14.2. The Morgan fingerprint density at radius 2 is 1.95 bits per heavy atom. The summed E-state index contributed by atoms with van der Waals surface area (Å²) < 4.78 is 0. The van der Waals surface area contributed by atoms with E-state index < -0.39 is 0 Å². The molecular weight excluding hydrogens is 231 g/mol. The maximum absolute atomic E-state index is 6.29. The molecule has 1 aromatic carbocycles. The van der Waals surface area contributed by atoms with Crippen molar-refractivity contribution >= 4 is 19.0 Å². The van der Waals surface area contributed by atoms with Crippen molar-refractivity contribution in [1.82, 2.24) is 4.90 Å². The highest BCUT2D eigenvalue weighted by Gasteiger charge is 2.27. The van der Waals surface area contributed by atoms with E-state index in [0.29, 0.717) is 5.92 Å². The summed E-state index contributed by atoms with van der Waals surface area (Å²) in [4.78, 5) is 2.26. The molecule has 0 saturated carbocycles. The summed E-state index contributed by atoms with van der Waals surface area (Å²) in [5.74, 6) is 0.627. The van der Waals surface area contributed by atoms with Gasteiger partial charge in [-0.2, -0.15) is 0 Å². The largest absolute Gasteiger partial charge is 0.384 e. The van der Waals surface area contributed by atoms with Gasteiger partial charge in [0.2, 0.25) is 0 Å². The Bertz CT molecular complexity index is 480. The fourth-order valence-corrected chi connectivity index (χ4v) is 3.30. The second kappa shape index (κ2) is 5.58. The molecule has 1 aliphatic heterocycles. The van der Waals surface area contributed by atoms with Crippen LogP contribution in [0.1, 0.15) is 41.5 Å². The van der Waals surface area contributed by atoms with Gasteiger partial charge in [0, 0.05) is 18.2 Å². The lowest BCUT2D eigenvalue weighted by Gasteiger charge is -2.21. The summed E-state index contributed by atoms with van der Waals surface area (Å²) in [6.45, 7) is 8.77. The minimum atomic E-state index is 0.627. The second-order valence-corrected chi connectivity index (χ2v) is 5.95. The number of nitrogens with zero attached hydrogens (tertiary/aromatic N) is 1. The number of anilines is 1. The van der Waals surface area contributed by atoms with Crippen molar-refractivity contribution in [1.29, 1.82) is 0 Å². The van der Waals surface area contributed by atoms with Gasteiger partial charge in [-0.15, -0.1) is 0 Å². The van der Waals surface area contributed by atoms with E-state index in [1.54, 1.807) is 0 Å². The van der Waals surface area contributed by atoms with E-state index >= 15 is 0 Å². The van der Waals surface area contributed by atoms with Crippen LogP contribution < -0.4 is 10.8 Å². The van der Waals surface area contributed by atoms with Crippen LogP contribution in [0.2, 0.25) is 0 Å². The number of rotatable bonds is 4. The highest BCUT2D eigenvalue weighted by atomic mass is 15.0. The van der Waals surface area contributed by atoms with Crippen molar-refractivity contribution in [2.24, 2.45) is 0 Å². The van der Waals surface area contributed by atoms with E-state index in [1.807, 2.05) is 0 Å². The molecule has 0 bridgehead atoms. The first-order valence-corrected chi connectivity index (χ1v) is 7.27. The van der Waals surface area contributed by atoms with Crippen LogP contribution in [0, 0.1) is 13.8 Å². The van der Waals surface area contributed by atoms with E-state index in [4.69, 9.17) is 7.85 Å². The molecular formula is C16H25BN2. The summed E-state index contributed by atoms with van der Waals surface area (Å²) in [7, 11) is 10.6. The van der Waals surface area contributed by atoms with Crippen molar-refractivity contribution in [2.75, 3.05) is 32.5 Å². The lowest BCUT2D eigenvalue weighted by atomic mass is 9.78. The lowest BCUT2D eigenvalue weighted by Crippen LogP contribution is -2.19. The smallest absolute Gasteiger partial charge is 0.114 e. The molecule has 1 atom stereocenters.